The molecule has 0 spiro atoms. The SMILES string of the molecule is Cc1ccc(F)cc1S(=O)(=O)Nc1ccc(-c2cccc(Cl)c2Cl)cn1. The van der Waals surface area contributed by atoms with Crippen LogP contribution in [0.4, 0.5) is 10.2 Å². The topological polar surface area (TPSA) is 59.1 Å². The summed E-state index contributed by atoms with van der Waals surface area (Å²) in [5, 5.41) is 0.801. The number of benzene rings is 2. The molecule has 0 radical (unpaired) electrons. The lowest BCUT2D eigenvalue weighted by Crippen LogP contribution is -2.15. The largest absolute Gasteiger partial charge is 0.263 e. The molecule has 0 saturated carbocycles. The Morgan fingerprint density at radius 1 is 1.08 bits per heavy atom. The third-order valence-corrected chi connectivity index (χ3v) is 6.02. The van der Waals surface area contributed by atoms with Crippen molar-refractivity contribution < 1.29 is 12.8 Å². The number of pyridine rings is 1. The predicted octanol–water partition coefficient (Wildman–Crippen LogP) is 5.30. The first-order chi connectivity index (χ1) is 12.3. The van der Waals surface area contributed by atoms with Crippen molar-refractivity contribution in [2.45, 2.75) is 11.8 Å². The van der Waals surface area contributed by atoms with E-state index < -0.39 is 15.8 Å². The second kappa shape index (κ2) is 7.23. The molecule has 0 atom stereocenters. The highest BCUT2D eigenvalue weighted by atomic mass is 35.5. The summed E-state index contributed by atoms with van der Waals surface area (Å²) in [7, 11) is -3.96. The van der Waals surface area contributed by atoms with Crippen LogP contribution >= 0.6 is 23.2 Å². The summed E-state index contributed by atoms with van der Waals surface area (Å²) in [4.78, 5) is 3.97. The molecule has 3 aromatic rings. The summed E-state index contributed by atoms with van der Waals surface area (Å²) in [5.41, 5.74) is 1.80. The van der Waals surface area contributed by atoms with Crippen LogP contribution in [-0.2, 0) is 10.0 Å². The van der Waals surface area contributed by atoms with Crippen molar-refractivity contribution in [2.24, 2.45) is 0 Å². The van der Waals surface area contributed by atoms with Gasteiger partial charge in [-0.3, -0.25) is 4.72 Å². The summed E-state index contributed by atoms with van der Waals surface area (Å²) >= 11 is 12.2. The molecule has 2 aromatic carbocycles. The second-order valence-corrected chi connectivity index (χ2v) is 7.98. The van der Waals surface area contributed by atoms with E-state index >= 15 is 0 Å². The Morgan fingerprint density at radius 2 is 1.85 bits per heavy atom. The molecule has 3 rings (SSSR count). The van der Waals surface area contributed by atoms with Gasteiger partial charge < -0.3 is 0 Å². The molecule has 1 N–H and O–H groups in total. The lowest BCUT2D eigenvalue weighted by molar-refractivity contribution is 0.594. The van der Waals surface area contributed by atoms with E-state index in [0.717, 1.165) is 6.07 Å². The van der Waals surface area contributed by atoms with Gasteiger partial charge in [0.05, 0.1) is 14.9 Å². The fourth-order valence-electron chi connectivity index (χ4n) is 2.40. The van der Waals surface area contributed by atoms with E-state index in [0.29, 0.717) is 26.7 Å². The average Bonchev–Trinajstić information content (AvgIpc) is 2.60. The first-order valence-electron chi connectivity index (χ1n) is 7.47. The van der Waals surface area contributed by atoms with Gasteiger partial charge in [-0.25, -0.2) is 17.8 Å². The van der Waals surface area contributed by atoms with Crippen molar-refractivity contribution in [3.63, 3.8) is 0 Å². The number of hydrogen-bond acceptors (Lipinski definition) is 3. The van der Waals surface area contributed by atoms with Gasteiger partial charge in [-0.15, -0.1) is 0 Å². The number of aryl methyl sites for hydroxylation is 1. The number of hydrogen-bond donors (Lipinski definition) is 1. The molecule has 0 fully saturated rings. The summed E-state index contributed by atoms with van der Waals surface area (Å²) in [6.07, 6.45) is 1.48. The molecule has 134 valence electrons. The molecule has 1 aromatic heterocycles. The molecule has 0 aliphatic heterocycles. The van der Waals surface area contributed by atoms with Crippen LogP contribution in [0.1, 0.15) is 5.56 Å². The first kappa shape index (κ1) is 18.6. The fraction of sp³-hybridized carbons (Fsp3) is 0.0556. The number of nitrogens with one attached hydrogen (secondary N) is 1. The minimum Gasteiger partial charge on any atom is -0.263 e. The zero-order valence-corrected chi connectivity index (χ0v) is 15.8. The fourth-order valence-corrected chi connectivity index (χ4v) is 4.07. The quantitative estimate of drug-likeness (QED) is 0.634. The maximum absolute atomic E-state index is 13.4. The van der Waals surface area contributed by atoms with Crippen LogP contribution in [0.5, 0.6) is 0 Å². The maximum atomic E-state index is 13.4. The van der Waals surface area contributed by atoms with Crippen LogP contribution in [-0.4, -0.2) is 13.4 Å². The van der Waals surface area contributed by atoms with E-state index in [1.165, 1.54) is 24.4 Å². The number of sulfonamides is 1. The standard InChI is InChI=1S/C18H13Cl2FN2O2S/c1-11-5-7-13(21)9-16(11)26(24,25)23-17-8-6-12(10-22-17)14-3-2-4-15(19)18(14)20/h2-10H,1H3,(H,22,23). The van der Waals surface area contributed by atoms with Gasteiger partial charge in [-0.05, 0) is 42.8 Å². The van der Waals surface area contributed by atoms with E-state index in [-0.39, 0.29) is 10.7 Å². The molecule has 0 unspecified atom stereocenters. The van der Waals surface area contributed by atoms with Gasteiger partial charge >= 0.3 is 0 Å². The zero-order valence-electron chi connectivity index (χ0n) is 13.5. The van der Waals surface area contributed by atoms with Gasteiger partial charge in [0, 0.05) is 17.3 Å². The van der Waals surface area contributed by atoms with Crippen molar-refractivity contribution in [3.05, 3.63) is 76.2 Å². The Hall–Kier alpha value is -2.15. The Labute approximate surface area is 160 Å². The van der Waals surface area contributed by atoms with Crippen molar-refractivity contribution in [2.75, 3.05) is 4.72 Å². The zero-order chi connectivity index (χ0) is 18.9. The van der Waals surface area contributed by atoms with Crippen LogP contribution in [0.3, 0.4) is 0 Å². The minimum absolute atomic E-state index is 0.107. The highest BCUT2D eigenvalue weighted by molar-refractivity contribution is 7.92. The van der Waals surface area contributed by atoms with E-state index in [9.17, 15) is 12.8 Å². The Morgan fingerprint density at radius 3 is 2.54 bits per heavy atom. The normalized spacial score (nSPS) is 11.4. The van der Waals surface area contributed by atoms with Gasteiger partial charge in [-0.2, -0.15) is 0 Å². The van der Waals surface area contributed by atoms with E-state index in [1.807, 2.05) is 0 Å². The Balaban J connectivity index is 1.90. The third kappa shape index (κ3) is 3.82. The summed E-state index contributed by atoms with van der Waals surface area (Å²) in [6.45, 7) is 1.59. The van der Waals surface area contributed by atoms with Crippen LogP contribution in [0, 0.1) is 12.7 Å². The summed E-state index contributed by atoms with van der Waals surface area (Å²) in [6, 6.07) is 12.0. The smallest absolute Gasteiger partial charge is 0.263 e. The number of rotatable bonds is 4. The molecule has 0 bridgehead atoms. The first-order valence-corrected chi connectivity index (χ1v) is 9.71. The van der Waals surface area contributed by atoms with Gasteiger partial charge in [0.1, 0.15) is 11.6 Å². The maximum Gasteiger partial charge on any atom is 0.263 e. The van der Waals surface area contributed by atoms with Gasteiger partial charge in [0.25, 0.3) is 10.0 Å². The molecule has 0 aliphatic rings. The van der Waals surface area contributed by atoms with Crippen molar-refractivity contribution in [3.8, 4) is 11.1 Å². The number of halogens is 3. The summed E-state index contributed by atoms with van der Waals surface area (Å²) in [5.74, 6) is -0.523. The van der Waals surface area contributed by atoms with Crippen LogP contribution in [0.15, 0.2) is 59.6 Å². The molecular formula is C18H13Cl2FN2O2S. The van der Waals surface area contributed by atoms with E-state index in [2.05, 4.69) is 9.71 Å². The molecule has 8 heteroatoms. The second-order valence-electron chi connectivity index (χ2n) is 5.55. The number of aromatic nitrogens is 1. The van der Waals surface area contributed by atoms with Gasteiger partial charge in [0.15, 0.2) is 0 Å². The molecule has 0 amide bonds. The lowest BCUT2D eigenvalue weighted by Gasteiger charge is -2.11. The van der Waals surface area contributed by atoms with Crippen LogP contribution < -0.4 is 4.72 Å². The molecule has 4 nitrogen and oxygen atoms in total. The highest BCUT2D eigenvalue weighted by Crippen LogP contribution is 2.33. The van der Waals surface area contributed by atoms with Gasteiger partial charge in [-0.1, -0.05) is 41.4 Å². The van der Waals surface area contributed by atoms with Crippen LogP contribution in [0.25, 0.3) is 11.1 Å². The molecule has 0 aliphatic carbocycles. The summed E-state index contributed by atoms with van der Waals surface area (Å²) < 4.78 is 40.7. The lowest BCUT2D eigenvalue weighted by atomic mass is 10.1. The highest BCUT2D eigenvalue weighted by Gasteiger charge is 2.18. The predicted molar refractivity (Wildman–Crippen MR) is 102 cm³/mol. The van der Waals surface area contributed by atoms with Gasteiger partial charge in [0.2, 0.25) is 0 Å². The van der Waals surface area contributed by atoms with E-state index in [4.69, 9.17) is 23.2 Å². The Kier molecular flexibility index (Phi) is 5.18. The molecule has 0 saturated heterocycles. The van der Waals surface area contributed by atoms with E-state index in [1.54, 1.807) is 31.2 Å². The third-order valence-electron chi connectivity index (χ3n) is 3.70. The molecule has 1 heterocycles. The average molecular weight is 411 g/mol. The van der Waals surface area contributed by atoms with Crippen LogP contribution in [0.2, 0.25) is 10.0 Å². The monoisotopic (exact) mass is 410 g/mol. The van der Waals surface area contributed by atoms with Crippen molar-refractivity contribution in [1.82, 2.24) is 4.98 Å². The number of anilines is 1. The Bertz CT molecular complexity index is 1070. The molecule has 26 heavy (non-hydrogen) atoms. The number of nitrogens with zero attached hydrogens (tertiary/aromatic N) is 1. The van der Waals surface area contributed by atoms with Crippen molar-refractivity contribution >= 4 is 39.0 Å². The van der Waals surface area contributed by atoms with Crippen molar-refractivity contribution in [1.29, 1.82) is 0 Å². The minimum atomic E-state index is -3.96. The molecular weight excluding hydrogens is 398 g/mol.